The van der Waals surface area contributed by atoms with Crippen molar-refractivity contribution in [2.45, 2.75) is 36.0 Å². The molecule has 2 bridgehead atoms. The van der Waals surface area contributed by atoms with E-state index in [1.807, 2.05) is 61.2 Å². The second-order valence-corrected chi connectivity index (χ2v) is 16.2. The Hall–Kier alpha value is -5.78. The van der Waals surface area contributed by atoms with Gasteiger partial charge in [-0.3, -0.25) is 0 Å². The Morgan fingerprint density at radius 3 is 1.29 bits per heavy atom. The van der Waals surface area contributed by atoms with Crippen LogP contribution in [0.2, 0.25) is 0 Å². The van der Waals surface area contributed by atoms with Crippen LogP contribution in [0.1, 0.15) is 34.6 Å². The van der Waals surface area contributed by atoms with Gasteiger partial charge in [-0.2, -0.15) is 10.2 Å². The highest BCUT2D eigenvalue weighted by atomic mass is 32.2. The molecule has 254 valence electrons. The van der Waals surface area contributed by atoms with Crippen molar-refractivity contribution in [1.82, 2.24) is 0 Å². The van der Waals surface area contributed by atoms with Gasteiger partial charge in [0.05, 0.1) is 32.5 Å². The van der Waals surface area contributed by atoms with E-state index in [0.717, 1.165) is 11.1 Å². The molecule has 2 heterocycles. The molecule has 2 unspecified atom stereocenters. The summed E-state index contributed by atoms with van der Waals surface area (Å²) in [6, 6.07) is 44.4. The van der Waals surface area contributed by atoms with Crippen molar-refractivity contribution in [2.24, 2.45) is 10.2 Å². The minimum atomic E-state index is -4.19. The number of nitrogens with zero attached hydrogens (tertiary/aromatic N) is 5. The van der Waals surface area contributed by atoms with Crippen LogP contribution in [0, 0.1) is 13.8 Å². The zero-order valence-electron chi connectivity index (χ0n) is 27.8. The molecule has 0 fully saturated rings. The van der Waals surface area contributed by atoms with Crippen molar-refractivity contribution in [1.29, 1.82) is 0 Å². The molecule has 11 heteroatoms. The monoisotopic (exact) mass is 711 g/mol. The molecule has 2 aliphatic heterocycles. The van der Waals surface area contributed by atoms with Gasteiger partial charge < -0.3 is 4.90 Å². The molecule has 0 amide bonds. The highest BCUT2D eigenvalue weighted by Crippen LogP contribution is 2.57. The minimum Gasteiger partial charge on any atom is -0.320 e. The van der Waals surface area contributed by atoms with E-state index in [0.29, 0.717) is 39.6 Å². The number of hydrogen-bond acceptors (Lipinski definition) is 7. The van der Waals surface area contributed by atoms with Crippen LogP contribution in [0.5, 0.6) is 0 Å². The van der Waals surface area contributed by atoms with Gasteiger partial charge >= 0.3 is 0 Å². The average molecular weight is 712 g/mol. The Morgan fingerprint density at radius 1 is 0.451 bits per heavy atom. The number of para-hydroxylation sites is 2. The first-order valence-electron chi connectivity index (χ1n) is 16.4. The molecule has 51 heavy (non-hydrogen) atoms. The SMILES string of the molecule is Cc1ccc(S(=O)(=O)N2c3ccccc3C3N(c4ccc(N=Nc5ccccc5)cc4)C2c2ccccc2N3S(=O)(=O)c2ccc(C)cc2)cc1. The lowest BCUT2D eigenvalue weighted by Crippen LogP contribution is -2.59. The third kappa shape index (κ3) is 5.55. The molecule has 0 aromatic heterocycles. The minimum absolute atomic E-state index is 0.130. The largest absolute Gasteiger partial charge is 0.320 e. The summed E-state index contributed by atoms with van der Waals surface area (Å²) in [5, 5.41) is 8.74. The summed E-state index contributed by atoms with van der Waals surface area (Å²) in [6.45, 7) is 3.81. The quantitative estimate of drug-likeness (QED) is 0.154. The molecule has 6 aromatic rings. The smallest absolute Gasteiger partial charge is 0.266 e. The Bertz CT molecular complexity index is 2360. The van der Waals surface area contributed by atoms with Crippen molar-refractivity contribution in [3.63, 3.8) is 0 Å². The summed E-state index contributed by atoms with van der Waals surface area (Å²) >= 11 is 0. The summed E-state index contributed by atoms with van der Waals surface area (Å²) in [6.07, 6.45) is -1.90. The summed E-state index contributed by atoms with van der Waals surface area (Å²) in [7, 11) is -8.39. The van der Waals surface area contributed by atoms with Gasteiger partial charge in [0.15, 0.2) is 0 Å². The molecule has 0 spiro atoms. The number of sulfonamides is 2. The fourth-order valence-electron chi connectivity index (χ4n) is 6.74. The van der Waals surface area contributed by atoms with E-state index < -0.39 is 32.4 Å². The highest BCUT2D eigenvalue weighted by Gasteiger charge is 2.54. The normalized spacial score (nSPS) is 16.9. The second kappa shape index (κ2) is 12.5. The van der Waals surface area contributed by atoms with Crippen molar-refractivity contribution in [3.05, 3.63) is 174 Å². The third-order valence-electron chi connectivity index (χ3n) is 9.22. The van der Waals surface area contributed by atoms with E-state index in [-0.39, 0.29) is 9.79 Å². The Balaban J connectivity index is 1.37. The highest BCUT2D eigenvalue weighted by molar-refractivity contribution is 7.93. The van der Waals surface area contributed by atoms with Gasteiger partial charge in [-0.05, 0) is 86.6 Å². The number of anilines is 3. The van der Waals surface area contributed by atoms with Gasteiger partial charge in [0.25, 0.3) is 20.0 Å². The number of hydrogen-bond donors (Lipinski definition) is 0. The van der Waals surface area contributed by atoms with Crippen molar-refractivity contribution >= 4 is 48.5 Å². The molecular formula is C40H33N5O4S2. The molecule has 0 aliphatic carbocycles. The lowest BCUT2D eigenvalue weighted by molar-refractivity contribution is 0.483. The summed E-state index contributed by atoms with van der Waals surface area (Å²) in [5.41, 5.74) is 5.57. The summed E-state index contributed by atoms with van der Waals surface area (Å²) in [4.78, 5) is 2.13. The van der Waals surface area contributed by atoms with Crippen LogP contribution in [0.25, 0.3) is 0 Å². The first kappa shape index (κ1) is 32.4. The standard InChI is InChI=1S/C40H33N5O4S2/c1-28-16-24-33(25-17-28)50(46,47)44-37-14-8-6-12-35(37)40-43(32-22-20-31(21-23-32)42-41-30-10-4-3-5-11-30)39(44)36-13-7-9-15-38(36)45(40)51(48,49)34-26-18-29(2)19-27-34/h3-27,39-40H,1-2H3. The number of rotatable bonds is 7. The van der Waals surface area contributed by atoms with E-state index >= 15 is 0 Å². The maximum Gasteiger partial charge on any atom is 0.266 e. The van der Waals surface area contributed by atoms with E-state index in [4.69, 9.17) is 0 Å². The number of azo groups is 1. The molecule has 2 aliphatic rings. The molecule has 8 rings (SSSR count). The molecule has 0 saturated heterocycles. The van der Waals surface area contributed by atoms with E-state index in [9.17, 15) is 16.8 Å². The van der Waals surface area contributed by atoms with Crippen LogP contribution < -0.4 is 13.5 Å². The van der Waals surface area contributed by atoms with Gasteiger partial charge in [0, 0.05) is 16.8 Å². The molecule has 9 nitrogen and oxygen atoms in total. The van der Waals surface area contributed by atoms with Crippen LogP contribution in [0.15, 0.2) is 172 Å². The zero-order chi connectivity index (χ0) is 35.3. The molecular weight excluding hydrogens is 679 g/mol. The maximum absolute atomic E-state index is 14.9. The summed E-state index contributed by atoms with van der Waals surface area (Å²) < 4.78 is 62.4. The van der Waals surface area contributed by atoms with Crippen LogP contribution in [0.3, 0.4) is 0 Å². The van der Waals surface area contributed by atoms with Crippen LogP contribution in [-0.4, -0.2) is 16.8 Å². The van der Waals surface area contributed by atoms with Gasteiger partial charge in [0.2, 0.25) is 0 Å². The van der Waals surface area contributed by atoms with Crippen molar-refractivity contribution < 1.29 is 16.8 Å². The maximum atomic E-state index is 14.9. The number of benzene rings is 6. The van der Waals surface area contributed by atoms with Crippen LogP contribution >= 0.6 is 0 Å². The number of fused-ring (bicyclic) bond motifs is 6. The molecule has 2 atom stereocenters. The molecule has 0 N–H and O–H groups in total. The number of aryl methyl sites for hydroxylation is 2. The predicted molar refractivity (Wildman–Crippen MR) is 200 cm³/mol. The fraction of sp³-hybridized carbons (Fsp3) is 0.100. The van der Waals surface area contributed by atoms with Gasteiger partial charge in [-0.25, -0.2) is 25.4 Å². The van der Waals surface area contributed by atoms with E-state index in [2.05, 4.69) is 10.2 Å². The Morgan fingerprint density at radius 2 is 0.843 bits per heavy atom. The molecule has 0 saturated carbocycles. The lowest BCUT2D eigenvalue weighted by Gasteiger charge is -2.56. The topological polar surface area (TPSA) is 103 Å². The molecule has 0 radical (unpaired) electrons. The van der Waals surface area contributed by atoms with E-state index in [1.165, 1.54) is 8.61 Å². The van der Waals surface area contributed by atoms with Crippen LogP contribution in [0.4, 0.5) is 28.4 Å². The second-order valence-electron chi connectivity index (χ2n) is 12.6. The van der Waals surface area contributed by atoms with Crippen molar-refractivity contribution in [3.8, 4) is 0 Å². The van der Waals surface area contributed by atoms with Gasteiger partial charge in [-0.1, -0.05) is 90.0 Å². The molecule has 6 aromatic carbocycles. The average Bonchev–Trinajstić information content (AvgIpc) is 3.15. The summed E-state index contributed by atoms with van der Waals surface area (Å²) in [5.74, 6) is 0. The Labute approximate surface area is 297 Å². The van der Waals surface area contributed by atoms with Gasteiger partial charge in [-0.15, -0.1) is 0 Å². The fourth-order valence-corrected chi connectivity index (χ4v) is 9.96. The van der Waals surface area contributed by atoms with Gasteiger partial charge in [0.1, 0.15) is 12.3 Å². The van der Waals surface area contributed by atoms with Crippen LogP contribution in [-0.2, 0) is 20.0 Å². The first-order valence-corrected chi connectivity index (χ1v) is 19.3. The Kier molecular flexibility index (Phi) is 7.96. The predicted octanol–water partition coefficient (Wildman–Crippen LogP) is 9.34. The van der Waals surface area contributed by atoms with Crippen molar-refractivity contribution in [2.75, 3.05) is 13.5 Å². The van der Waals surface area contributed by atoms with E-state index in [1.54, 1.807) is 109 Å². The lowest BCUT2D eigenvalue weighted by atomic mass is 9.95. The zero-order valence-corrected chi connectivity index (χ0v) is 29.4. The first-order chi connectivity index (χ1) is 24.6. The third-order valence-corrected chi connectivity index (χ3v) is 12.8.